The third-order valence-corrected chi connectivity index (χ3v) is 4.09. The Kier molecular flexibility index (Phi) is 3.94. The largest absolute Gasteiger partial charge is 0.275 e. The molecule has 0 aliphatic heterocycles. The van der Waals surface area contributed by atoms with Crippen LogP contribution in [0.5, 0.6) is 0 Å². The average Bonchev–Trinajstić information content (AvgIpc) is 3.18. The highest BCUT2D eigenvalue weighted by atomic mass is 32.2. The number of H-pyrrole nitrogens is 2. The minimum Gasteiger partial charge on any atom is -0.275 e. The van der Waals surface area contributed by atoms with Gasteiger partial charge >= 0.3 is 0 Å². The zero-order valence-electron chi connectivity index (χ0n) is 12.2. The van der Waals surface area contributed by atoms with Gasteiger partial charge in [-0.25, -0.2) is 8.42 Å². The van der Waals surface area contributed by atoms with E-state index < -0.39 is 9.84 Å². The van der Waals surface area contributed by atoms with Crippen LogP contribution in [0.25, 0.3) is 11.1 Å². The molecular formula is C14H14N6O2S. The first-order valence-electron chi connectivity index (χ1n) is 6.68. The lowest BCUT2D eigenvalue weighted by Gasteiger charge is -2.05. The lowest BCUT2D eigenvalue weighted by molar-refractivity contribution is 0.612. The summed E-state index contributed by atoms with van der Waals surface area (Å²) >= 11 is 0. The minimum atomic E-state index is -3.54. The number of benzene rings is 1. The molecule has 3 aromatic rings. The molecule has 8 nitrogen and oxygen atoms in total. The number of hydrogen-bond donors (Lipinski definition) is 3. The minimum absolute atomic E-state index is 0.136. The predicted molar refractivity (Wildman–Crippen MR) is 87.6 cm³/mol. The van der Waals surface area contributed by atoms with E-state index in [-0.39, 0.29) is 5.04 Å². The van der Waals surface area contributed by atoms with E-state index in [2.05, 4.69) is 30.9 Å². The lowest BCUT2D eigenvalue weighted by Crippen LogP contribution is -2.17. The first-order valence-corrected chi connectivity index (χ1v) is 8.57. The molecule has 0 saturated heterocycles. The number of rotatable bonds is 4. The van der Waals surface area contributed by atoms with Crippen molar-refractivity contribution in [3.8, 4) is 11.1 Å². The Hall–Kier alpha value is -2.94. The Morgan fingerprint density at radius 1 is 1.13 bits per heavy atom. The molecule has 0 aliphatic rings. The fraction of sp³-hybridized carbons (Fsp3) is 0.0714. The summed E-state index contributed by atoms with van der Waals surface area (Å²) in [5, 5.41) is 17.0. The third-order valence-electron chi connectivity index (χ3n) is 3.08. The number of aromatic amines is 2. The van der Waals surface area contributed by atoms with E-state index in [0.29, 0.717) is 11.5 Å². The second-order valence-corrected chi connectivity index (χ2v) is 6.73. The summed E-state index contributed by atoms with van der Waals surface area (Å²) in [7, 11) is -3.54. The molecule has 0 atom stereocenters. The van der Waals surface area contributed by atoms with Gasteiger partial charge in [-0.05, 0) is 11.6 Å². The molecule has 3 N–H and O–H groups in total. The number of nitrogens with one attached hydrogen (secondary N) is 3. The number of hydrogen-bond acceptors (Lipinski definition) is 6. The van der Waals surface area contributed by atoms with Crippen molar-refractivity contribution in [1.82, 2.24) is 20.4 Å². The van der Waals surface area contributed by atoms with Crippen LogP contribution in [0.15, 0.2) is 53.9 Å². The molecule has 0 saturated carbocycles. The first-order chi connectivity index (χ1) is 11.1. The first kappa shape index (κ1) is 15.0. The summed E-state index contributed by atoms with van der Waals surface area (Å²) in [6.07, 6.45) is 4.19. The molecule has 0 spiro atoms. The van der Waals surface area contributed by atoms with Gasteiger partial charge in [0.05, 0.1) is 11.9 Å². The maximum atomic E-state index is 11.9. The second-order valence-electron chi connectivity index (χ2n) is 4.80. The molecule has 9 heteroatoms. The van der Waals surface area contributed by atoms with Gasteiger partial charge in [0.2, 0.25) is 0 Å². The van der Waals surface area contributed by atoms with Crippen LogP contribution in [0.2, 0.25) is 0 Å². The smallest absolute Gasteiger partial charge is 0.200 e. The number of aromatic nitrogens is 4. The highest BCUT2D eigenvalue weighted by Gasteiger charge is 2.18. The number of sulfone groups is 1. The molecule has 0 radical (unpaired) electrons. The van der Waals surface area contributed by atoms with Crippen LogP contribution in [0.1, 0.15) is 5.69 Å². The highest BCUT2D eigenvalue weighted by Crippen LogP contribution is 2.25. The quantitative estimate of drug-likeness (QED) is 0.382. The number of nitrogens with zero attached hydrogens (tertiary/aromatic N) is 3. The van der Waals surface area contributed by atoms with Crippen molar-refractivity contribution < 1.29 is 8.42 Å². The van der Waals surface area contributed by atoms with Gasteiger partial charge in [-0.3, -0.25) is 15.6 Å². The third kappa shape index (κ3) is 3.29. The molecule has 0 fully saturated rings. The molecule has 0 unspecified atom stereocenters. The van der Waals surface area contributed by atoms with Crippen LogP contribution in [0.3, 0.4) is 0 Å². The van der Waals surface area contributed by atoms with E-state index in [4.69, 9.17) is 0 Å². The van der Waals surface area contributed by atoms with Crippen molar-refractivity contribution in [2.24, 2.45) is 5.10 Å². The van der Waals surface area contributed by atoms with Crippen LogP contribution in [-0.4, -0.2) is 40.1 Å². The van der Waals surface area contributed by atoms with Crippen molar-refractivity contribution in [2.45, 2.75) is 0 Å². The molecule has 23 heavy (non-hydrogen) atoms. The second kappa shape index (κ2) is 6.05. The summed E-state index contributed by atoms with van der Waals surface area (Å²) < 4.78 is 23.8. The van der Waals surface area contributed by atoms with Gasteiger partial charge in [-0.2, -0.15) is 15.3 Å². The van der Waals surface area contributed by atoms with Gasteiger partial charge in [-0.15, -0.1) is 0 Å². The number of hydrazone groups is 1. The van der Waals surface area contributed by atoms with Crippen molar-refractivity contribution in [1.29, 1.82) is 0 Å². The van der Waals surface area contributed by atoms with Gasteiger partial charge in [0.25, 0.3) is 0 Å². The van der Waals surface area contributed by atoms with Crippen LogP contribution in [-0.2, 0) is 9.84 Å². The van der Waals surface area contributed by atoms with Gasteiger partial charge in [0, 0.05) is 18.0 Å². The monoisotopic (exact) mass is 330 g/mol. The Morgan fingerprint density at radius 3 is 2.57 bits per heavy atom. The Labute approximate surface area is 132 Å². The zero-order chi connectivity index (χ0) is 16.3. The maximum Gasteiger partial charge on any atom is 0.200 e. The SMILES string of the molecule is CS(=O)(=O)C(=NNc1[nH]ncc1-c1ccccc1)c1ccn[nH]1. The Balaban J connectivity index is 1.95. The van der Waals surface area contributed by atoms with E-state index in [1.807, 2.05) is 30.3 Å². The van der Waals surface area contributed by atoms with E-state index in [1.54, 1.807) is 6.20 Å². The van der Waals surface area contributed by atoms with Crippen molar-refractivity contribution >= 4 is 20.7 Å². The van der Waals surface area contributed by atoms with Gasteiger partial charge in [0.1, 0.15) is 5.82 Å². The number of anilines is 1. The Morgan fingerprint density at radius 2 is 1.91 bits per heavy atom. The maximum absolute atomic E-state index is 11.9. The van der Waals surface area contributed by atoms with Crippen molar-refractivity contribution in [3.05, 3.63) is 54.5 Å². The van der Waals surface area contributed by atoms with E-state index in [0.717, 1.165) is 17.4 Å². The lowest BCUT2D eigenvalue weighted by atomic mass is 10.1. The molecule has 2 aromatic heterocycles. The fourth-order valence-corrected chi connectivity index (χ4v) is 2.76. The topological polar surface area (TPSA) is 116 Å². The Bertz CT molecular complexity index is 913. The summed E-state index contributed by atoms with van der Waals surface area (Å²) in [4.78, 5) is 0. The fourth-order valence-electron chi connectivity index (χ4n) is 2.03. The summed E-state index contributed by atoms with van der Waals surface area (Å²) in [6, 6.07) is 11.1. The normalized spacial score (nSPS) is 12.3. The van der Waals surface area contributed by atoms with Crippen LogP contribution in [0, 0.1) is 0 Å². The van der Waals surface area contributed by atoms with E-state index >= 15 is 0 Å². The van der Waals surface area contributed by atoms with Gasteiger partial charge in [0.15, 0.2) is 14.9 Å². The van der Waals surface area contributed by atoms with Crippen molar-refractivity contribution in [2.75, 3.05) is 11.7 Å². The molecule has 0 amide bonds. The standard InChI is InChI=1S/C14H14N6O2S/c1-23(21,22)14(12-7-8-15-17-12)20-19-13-11(9-16-18-13)10-5-3-2-4-6-10/h2-9H,1H3,(H,15,17)(H2,16,18,19). The predicted octanol–water partition coefficient (Wildman–Crippen LogP) is 1.62. The van der Waals surface area contributed by atoms with Crippen LogP contribution < -0.4 is 5.43 Å². The van der Waals surface area contributed by atoms with Gasteiger partial charge < -0.3 is 0 Å². The molecule has 1 aromatic carbocycles. The molecule has 0 aliphatic carbocycles. The summed E-state index contributed by atoms with van der Waals surface area (Å²) in [5.41, 5.74) is 4.75. The van der Waals surface area contributed by atoms with E-state index in [1.165, 1.54) is 12.3 Å². The van der Waals surface area contributed by atoms with E-state index in [9.17, 15) is 8.42 Å². The summed E-state index contributed by atoms with van der Waals surface area (Å²) in [5.74, 6) is 0.497. The van der Waals surface area contributed by atoms with Gasteiger partial charge in [-0.1, -0.05) is 30.3 Å². The molecular weight excluding hydrogens is 316 g/mol. The average molecular weight is 330 g/mol. The molecule has 0 bridgehead atoms. The van der Waals surface area contributed by atoms with Crippen molar-refractivity contribution in [3.63, 3.8) is 0 Å². The summed E-state index contributed by atoms with van der Waals surface area (Å²) in [6.45, 7) is 0. The molecule has 118 valence electrons. The van der Waals surface area contributed by atoms with Crippen LogP contribution in [0.4, 0.5) is 5.82 Å². The zero-order valence-corrected chi connectivity index (χ0v) is 13.0. The molecule has 3 rings (SSSR count). The molecule has 2 heterocycles. The highest BCUT2D eigenvalue weighted by molar-refractivity contribution is 8.06. The van der Waals surface area contributed by atoms with Crippen LogP contribution >= 0.6 is 0 Å².